The van der Waals surface area contributed by atoms with Gasteiger partial charge in [0.15, 0.2) is 0 Å². The molecule has 0 unspecified atom stereocenters. The molecule has 4 nitrogen and oxygen atoms in total. The minimum Gasteiger partial charge on any atom is -2.00 e. The molecule has 0 radical (unpaired) electrons. The van der Waals surface area contributed by atoms with E-state index in [9.17, 15) is 4.79 Å². The Bertz CT molecular complexity index is 225. The van der Waals surface area contributed by atoms with Crippen molar-refractivity contribution >= 4 is 25.8 Å². The van der Waals surface area contributed by atoms with Gasteiger partial charge in [-0.05, 0) is 0 Å². The average molecular weight is 393 g/mol. The van der Waals surface area contributed by atoms with Crippen molar-refractivity contribution in [1.29, 1.82) is 0 Å². The monoisotopic (exact) mass is 391 g/mol. The molecule has 1 fully saturated rings. The second kappa shape index (κ2) is 7.11. The van der Waals surface area contributed by atoms with E-state index in [1.807, 2.05) is 25.7 Å². The molecule has 0 aliphatic carbocycles. The fourth-order valence-corrected chi connectivity index (χ4v) is 7.59. The zero-order chi connectivity index (χ0) is 11.5. The number of carbonyl (C=O) groups excluding carboxylic acids is 1. The van der Waals surface area contributed by atoms with E-state index in [1.165, 1.54) is 12.8 Å². The van der Waals surface area contributed by atoms with Crippen LogP contribution in [0.5, 0.6) is 0 Å². The van der Waals surface area contributed by atoms with Crippen molar-refractivity contribution in [3.63, 3.8) is 0 Å². The van der Waals surface area contributed by atoms with Gasteiger partial charge in [-0.3, -0.25) is 0 Å². The first-order chi connectivity index (χ1) is 6.92. The van der Waals surface area contributed by atoms with E-state index in [0.29, 0.717) is 0 Å². The van der Waals surface area contributed by atoms with E-state index >= 15 is 0 Å². The molecule has 0 atom stereocenters. The fraction of sp³-hybridized carbons (Fsp3) is 0.900. The molecule has 0 N–H and O–H groups in total. The number of likely N-dealkylation sites (tertiary alicyclic amines) is 1. The molecule has 1 heterocycles. The Morgan fingerprint density at radius 2 is 1.88 bits per heavy atom. The number of hydrogen-bond donors (Lipinski definition) is 0. The normalized spacial score (nSPS) is 17.4. The molecular weight excluding hydrogens is 374 g/mol. The first-order valence-corrected chi connectivity index (χ1v) is 16.2. The maximum Gasteiger partial charge on any atom is -2.00 e. The molecule has 0 aromatic heterocycles. The number of carbonyl (C=O) groups is 1. The van der Waals surface area contributed by atoms with Gasteiger partial charge in [0.2, 0.25) is 0 Å². The van der Waals surface area contributed by atoms with Gasteiger partial charge in [0.1, 0.15) is 0 Å². The Balaban J connectivity index is 0.00000225. The summed E-state index contributed by atoms with van der Waals surface area (Å²) in [5.41, 5.74) is -0.366. The number of hydrogen-bond acceptors (Lipinski definition) is 2. The van der Waals surface area contributed by atoms with Crippen molar-refractivity contribution in [1.82, 2.24) is 4.90 Å². The fourth-order valence-electron chi connectivity index (χ4n) is 1.60. The molecule has 0 saturated carbocycles. The van der Waals surface area contributed by atoms with Crippen LogP contribution in [0.25, 0.3) is 0 Å². The maximum absolute atomic E-state index is 11.7. The van der Waals surface area contributed by atoms with Crippen molar-refractivity contribution in [2.24, 2.45) is 0 Å². The molecule has 92 valence electrons. The molecule has 1 amide bonds. The first-order valence-electron chi connectivity index (χ1n) is 5.46. The predicted octanol–water partition coefficient (Wildman–Crippen LogP) is 3.12. The van der Waals surface area contributed by atoms with E-state index < -0.39 is 0 Å². The average Bonchev–Trinajstić information content (AvgIpc) is 2.15. The van der Waals surface area contributed by atoms with Gasteiger partial charge in [0.25, 0.3) is 0 Å². The van der Waals surface area contributed by atoms with Crippen molar-refractivity contribution in [2.45, 2.75) is 43.7 Å². The standard InChI is InChI=1S/C10H18NO2.HI.O.Zn/c1-10(2,3)13-9(12)11-7-5-4-6-8-11;;;/h4H,5-8H2,1-3H3;1H;;/q;;-2;+1/p-1. The van der Waals surface area contributed by atoms with Gasteiger partial charge in [0.05, 0.1) is 0 Å². The summed E-state index contributed by atoms with van der Waals surface area (Å²) in [4.78, 5) is 13.6. The van der Waals surface area contributed by atoms with E-state index in [2.05, 4.69) is 19.8 Å². The Labute approximate surface area is 116 Å². The van der Waals surface area contributed by atoms with Gasteiger partial charge in [-0.15, -0.1) is 0 Å². The van der Waals surface area contributed by atoms with Crippen LogP contribution in [-0.4, -0.2) is 29.7 Å². The Morgan fingerprint density at radius 1 is 1.38 bits per heavy atom. The van der Waals surface area contributed by atoms with Crippen LogP contribution in [0, 0.1) is 0 Å². The molecule has 1 rings (SSSR count). The van der Waals surface area contributed by atoms with E-state index in [0.717, 1.165) is 17.6 Å². The van der Waals surface area contributed by atoms with Crippen molar-refractivity contribution in [2.75, 3.05) is 13.1 Å². The number of halogens is 1. The maximum atomic E-state index is 11.7. The molecular formula is C10H18INO3Zn-2. The largest absolute Gasteiger partial charge is 2.00 e. The number of nitrogens with zero attached hydrogens (tertiary/aromatic N) is 1. The van der Waals surface area contributed by atoms with Crippen molar-refractivity contribution < 1.29 is 28.6 Å². The summed E-state index contributed by atoms with van der Waals surface area (Å²) < 4.78 is 6.32. The van der Waals surface area contributed by atoms with Crippen LogP contribution in [0.4, 0.5) is 4.79 Å². The summed E-state index contributed by atoms with van der Waals surface area (Å²) in [6, 6.07) is 0. The predicted molar refractivity (Wildman–Crippen MR) is 65.5 cm³/mol. The Hall–Kier alpha value is 0.583. The molecule has 0 aromatic carbocycles. The van der Waals surface area contributed by atoms with Gasteiger partial charge >= 0.3 is 111 Å². The van der Waals surface area contributed by atoms with Crippen LogP contribution in [0.2, 0.25) is 4.51 Å². The summed E-state index contributed by atoms with van der Waals surface area (Å²) in [5.74, 6) is 0. The van der Waals surface area contributed by atoms with Crippen LogP contribution in [0.3, 0.4) is 0 Å². The molecule has 1 saturated heterocycles. The third kappa shape index (κ3) is 5.78. The zero-order valence-electron chi connectivity index (χ0n) is 10.2. The van der Waals surface area contributed by atoms with Gasteiger partial charge in [-0.2, -0.15) is 0 Å². The molecule has 16 heavy (non-hydrogen) atoms. The van der Waals surface area contributed by atoms with Gasteiger partial charge in [-0.25, -0.2) is 0 Å². The topological polar surface area (TPSA) is 58.0 Å². The summed E-state index contributed by atoms with van der Waals surface area (Å²) in [7, 11) is 0. The minimum absolute atomic E-state index is 0. The second-order valence-electron chi connectivity index (χ2n) is 5.07. The van der Waals surface area contributed by atoms with Crippen LogP contribution >= 0.6 is 19.8 Å². The molecule has 0 bridgehead atoms. The molecule has 0 aromatic rings. The van der Waals surface area contributed by atoms with Gasteiger partial charge in [0, 0.05) is 0 Å². The quantitative estimate of drug-likeness (QED) is 0.508. The van der Waals surface area contributed by atoms with Gasteiger partial charge < -0.3 is 5.48 Å². The van der Waals surface area contributed by atoms with Gasteiger partial charge in [-0.1, -0.05) is 0 Å². The number of rotatable bonds is 1. The van der Waals surface area contributed by atoms with E-state index in [1.54, 1.807) is 0 Å². The van der Waals surface area contributed by atoms with Crippen molar-refractivity contribution in [3.8, 4) is 0 Å². The van der Waals surface area contributed by atoms with Crippen LogP contribution in [0.1, 0.15) is 33.6 Å². The zero-order valence-corrected chi connectivity index (χ0v) is 15.3. The Morgan fingerprint density at radius 3 is 2.25 bits per heavy atom. The molecule has 0 spiro atoms. The molecule has 1 aliphatic heterocycles. The number of amides is 1. The van der Waals surface area contributed by atoms with Crippen LogP contribution < -0.4 is 0 Å². The van der Waals surface area contributed by atoms with E-state index in [4.69, 9.17) is 4.74 Å². The first kappa shape index (κ1) is 16.6. The van der Waals surface area contributed by atoms with Crippen molar-refractivity contribution in [3.05, 3.63) is 0 Å². The number of ether oxygens (including phenoxy) is 1. The summed E-state index contributed by atoms with van der Waals surface area (Å²) in [5, 5.41) is 0. The smallest absolute Gasteiger partial charge is 2.00 e. The van der Waals surface area contributed by atoms with Crippen LogP contribution in [-0.2, 0) is 23.8 Å². The third-order valence-corrected chi connectivity index (χ3v) is 11.6. The molecule has 6 heteroatoms. The summed E-state index contributed by atoms with van der Waals surface area (Å²) in [6.45, 7) is 7.54. The van der Waals surface area contributed by atoms with E-state index in [-0.39, 0.29) is 30.8 Å². The van der Waals surface area contributed by atoms with Crippen LogP contribution in [0.15, 0.2) is 0 Å². The number of piperidine rings is 1. The Kier molecular flexibility index (Phi) is 7.37. The minimum atomic E-state index is -0.366. The molecule has 1 aliphatic rings. The SMILES string of the molecule is CC(C)(C)OC(=O)N1CC[CH]([Zn][I])CC1.[O-2]. The second-order valence-corrected chi connectivity index (χ2v) is 12.7. The summed E-state index contributed by atoms with van der Waals surface area (Å²) >= 11 is 2.29. The third-order valence-electron chi connectivity index (χ3n) is 2.48. The summed E-state index contributed by atoms with van der Waals surface area (Å²) in [6.07, 6.45) is 2.26.